The Morgan fingerprint density at radius 2 is 1.60 bits per heavy atom. The molecule has 0 aliphatic carbocycles. The second-order valence-electron chi connectivity index (χ2n) is 3.12. The van der Waals surface area contributed by atoms with E-state index in [9.17, 15) is 0 Å². The van der Waals surface area contributed by atoms with E-state index in [4.69, 9.17) is 5.73 Å². The fourth-order valence-corrected chi connectivity index (χ4v) is 0.779. The molecule has 0 radical (unpaired) electrons. The zero-order chi connectivity index (χ0) is 8.62. The molecule has 0 spiro atoms. The largest absolute Gasteiger partial charge is 0.330 e. The topological polar surface area (TPSA) is 26.0 Å². The summed E-state index contributed by atoms with van der Waals surface area (Å²) in [5.41, 5.74) is 5.86. The van der Waals surface area contributed by atoms with Gasteiger partial charge in [-0.3, -0.25) is 0 Å². The van der Waals surface area contributed by atoms with Crippen molar-refractivity contribution < 1.29 is 0 Å². The third-order valence-corrected chi connectivity index (χ3v) is 1.48. The standard InChI is InChI=1S/C7H17N.C2H6/c1-4-5-7(2,3)6-8;1-2/h4-6,8H2,1-3H3;1-2H3. The first-order chi connectivity index (χ1) is 4.62. The van der Waals surface area contributed by atoms with Gasteiger partial charge in [-0.05, 0) is 18.4 Å². The summed E-state index contributed by atoms with van der Waals surface area (Å²) in [6.07, 6.45) is 2.48. The fraction of sp³-hybridized carbons (Fsp3) is 1.00. The van der Waals surface area contributed by atoms with E-state index >= 15 is 0 Å². The van der Waals surface area contributed by atoms with Gasteiger partial charge in [0, 0.05) is 0 Å². The van der Waals surface area contributed by atoms with Crippen LogP contribution in [0.25, 0.3) is 0 Å². The number of nitrogens with two attached hydrogens (primary N) is 1. The van der Waals surface area contributed by atoms with Crippen LogP contribution in [0, 0.1) is 5.41 Å². The van der Waals surface area contributed by atoms with Crippen LogP contribution < -0.4 is 5.73 Å². The van der Waals surface area contributed by atoms with Crippen molar-refractivity contribution in [3.63, 3.8) is 0 Å². The maximum atomic E-state index is 5.49. The minimum absolute atomic E-state index is 0.370. The Morgan fingerprint density at radius 1 is 1.20 bits per heavy atom. The van der Waals surface area contributed by atoms with E-state index in [1.54, 1.807) is 0 Å². The SMILES string of the molecule is CC.CCCC(C)(C)CN. The molecule has 1 heteroatoms. The van der Waals surface area contributed by atoms with E-state index < -0.39 is 0 Å². The van der Waals surface area contributed by atoms with Crippen molar-refractivity contribution in [1.29, 1.82) is 0 Å². The Bertz CT molecular complexity index is 57.7. The second-order valence-corrected chi connectivity index (χ2v) is 3.12. The lowest BCUT2D eigenvalue weighted by Crippen LogP contribution is -2.22. The van der Waals surface area contributed by atoms with Crippen LogP contribution >= 0.6 is 0 Å². The van der Waals surface area contributed by atoms with Crippen LogP contribution in [0.3, 0.4) is 0 Å². The highest BCUT2D eigenvalue weighted by Crippen LogP contribution is 2.19. The van der Waals surface area contributed by atoms with Gasteiger partial charge in [-0.1, -0.05) is 41.0 Å². The van der Waals surface area contributed by atoms with Crippen LogP contribution in [-0.4, -0.2) is 6.54 Å². The molecule has 10 heavy (non-hydrogen) atoms. The quantitative estimate of drug-likeness (QED) is 0.649. The molecule has 0 heterocycles. The second kappa shape index (κ2) is 7.07. The van der Waals surface area contributed by atoms with Crippen LogP contribution in [0.5, 0.6) is 0 Å². The Hall–Kier alpha value is -0.0400. The van der Waals surface area contributed by atoms with Crippen molar-refractivity contribution in [3.8, 4) is 0 Å². The number of hydrogen-bond acceptors (Lipinski definition) is 1. The number of hydrogen-bond donors (Lipinski definition) is 1. The van der Waals surface area contributed by atoms with Gasteiger partial charge in [0.15, 0.2) is 0 Å². The molecular formula is C9H23N. The van der Waals surface area contributed by atoms with Gasteiger partial charge in [-0.2, -0.15) is 0 Å². The summed E-state index contributed by atoms with van der Waals surface area (Å²) in [5, 5.41) is 0. The maximum absolute atomic E-state index is 5.49. The van der Waals surface area contributed by atoms with E-state index in [1.165, 1.54) is 12.8 Å². The zero-order valence-corrected chi connectivity index (χ0v) is 8.20. The Morgan fingerprint density at radius 3 is 1.70 bits per heavy atom. The van der Waals surface area contributed by atoms with E-state index in [1.807, 2.05) is 13.8 Å². The first-order valence-electron chi connectivity index (χ1n) is 4.32. The molecule has 2 N–H and O–H groups in total. The van der Waals surface area contributed by atoms with Gasteiger partial charge in [-0.25, -0.2) is 0 Å². The lowest BCUT2D eigenvalue weighted by molar-refractivity contribution is 0.343. The highest BCUT2D eigenvalue weighted by molar-refractivity contribution is 4.67. The van der Waals surface area contributed by atoms with Crippen LogP contribution in [0.1, 0.15) is 47.5 Å². The zero-order valence-electron chi connectivity index (χ0n) is 8.20. The smallest absolute Gasteiger partial charge is 0.00258 e. The molecule has 0 aliphatic heterocycles. The van der Waals surface area contributed by atoms with Gasteiger partial charge < -0.3 is 5.73 Å². The Kier molecular flexibility index (Phi) is 8.92. The first kappa shape index (κ1) is 12.6. The van der Waals surface area contributed by atoms with Crippen LogP contribution in [0.4, 0.5) is 0 Å². The molecule has 0 atom stereocenters. The molecule has 1 nitrogen and oxygen atoms in total. The van der Waals surface area contributed by atoms with Crippen molar-refractivity contribution in [2.75, 3.05) is 6.54 Å². The Balaban J connectivity index is 0. The average molecular weight is 145 g/mol. The minimum atomic E-state index is 0.370. The summed E-state index contributed by atoms with van der Waals surface area (Å²) in [7, 11) is 0. The monoisotopic (exact) mass is 145 g/mol. The van der Waals surface area contributed by atoms with Gasteiger partial charge in [0.2, 0.25) is 0 Å². The lowest BCUT2D eigenvalue weighted by Gasteiger charge is -2.20. The summed E-state index contributed by atoms with van der Waals surface area (Å²) in [5.74, 6) is 0. The van der Waals surface area contributed by atoms with Gasteiger partial charge >= 0.3 is 0 Å². The van der Waals surface area contributed by atoms with Gasteiger partial charge in [0.25, 0.3) is 0 Å². The van der Waals surface area contributed by atoms with Gasteiger partial charge in [0.05, 0.1) is 0 Å². The molecular weight excluding hydrogens is 122 g/mol. The molecule has 0 aromatic heterocycles. The molecule has 0 rings (SSSR count). The van der Waals surface area contributed by atoms with E-state index in [2.05, 4.69) is 20.8 Å². The summed E-state index contributed by atoms with van der Waals surface area (Å²) >= 11 is 0. The third kappa shape index (κ3) is 7.96. The summed E-state index contributed by atoms with van der Waals surface area (Å²) in [6, 6.07) is 0. The Labute approximate surface area is 66.0 Å². The highest BCUT2D eigenvalue weighted by atomic mass is 14.6. The van der Waals surface area contributed by atoms with Crippen molar-refractivity contribution in [2.24, 2.45) is 11.1 Å². The fourth-order valence-electron chi connectivity index (χ4n) is 0.779. The summed E-state index contributed by atoms with van der Waals surface area (Å²) < 4.78 is 0. The van der Waals surface area contributed by atoms with Gasteiger partial charge in [-0.15, -0.1) is 0 Å². The van der Waals surface area contributed by atoms with Crippen molar-refractivity contribution in [3.05, 3.63) is 0 Å². The molecule has 64 valence electrons. The lowest BCUT2D eigenvalue weighted by atomic mass is 9.89. The van der Waals surface area contributed by atoms with Crippen molar-refractivity contribution in [1.82, 2.24) is 0 Å². The molecule has 0 bridgehead atoms. The molecule has 0 saturated heterocycles. The summed E-state index contributed by atoms with van der Waals surface area (Å²) in [6.45, 7) is 11.4. The summed E-state index contributed by atoms with van der Waals surface area (Å²) in [4.78, 5) is 0. The average Bonchev–Trinajstić information content (AvgIpc) is 1.93. The molecule has 0 fully saturated rings. The van der Waals surface area contributed by atoms with Crippen LogP contribution in [0.15, 0.2) is 0 Å². The molecule has 0 unspecified atom stereocenters. The van der Waals surface area contributed by atoms with Gasteiger partial charge in [0.1, 0.15) is 0 Å². The van der Waals surface area contributed by atoms with Crippen molar-refractivity contribution in [2.45, 2.75) is 47.5 Å². The third-order valence-electron chi connectivity index (χ3n) is 1.48. The van der Waals surface area contributed by atoms with E-state index in [0.717, 1.165) is 6.54 Å². The normalized spacial score (nSPS) is 10.2. The maximum Gasteiger partial charge on any atom is -0.00258 e. The van der Waals surface area contributed by atoms with Crippen LogP contribution in [0.2, 0.25) is 0 Å². The van der Waals surface area contributed by atoms with Crippen LogP contribution in [-0.2, 0) is 0 Å². The van der Waals surface area contributed by atoms with Crippen molar-refractivity contribution >= 4 is 0 Å². The highest BCUT2D eigenvalue weighted by Gasteiger charge is 2.12. The van der Waals surface area contributed by atoms with E-state index in [-0.39, 0.29) is 0 Å². The minimum Gasteiger partial charge on any atom is -0.330 e. The van der Waals surface area contributed by atoms with E-state index in [0.29, 0.717) is 5.41 Å². The molecule has 0 aliphatic rings. The molecule has 0 amide bonds. The number of rotatable bonds is 3. The predicted molar refractivity (Wildman–Crippen MR) is 49.1 cm³/mol. The molecule has 0 saturated carbocycles. The predicted octanol–water partition coefficient (Wildman–Crippen LogP) is 2.80. The first-order valence-corrected chi connectivity index (χ1v) is 4.32. The molecule has 0 aromatic carbocycles. The molecule has 0 aromatic rings.